The van der Waals surface area contributed by atoms with E-state index in [0.29, 0.717) is 5.95 Å². The maximum atomic E-state index is 8.90. The second-order valence-electron chi connectivity index (χ2n) is 3.82. The molecule has 0 spiro atoms. The Morgan fingerprint density at radius 1 is 1.67 bits per heavy atom. The van der Waals surface area contributed by atoms with E-state index in [4.69, 9.17) is 5.11 Å². The Hall–Kier alpha value is -1.20. The Kier molecular flexibility index (Phi) is 3.13. The molecule has 0 radical (unpaired) electrons. The lowest BCUT2D eigenvalue weighted by Crippen LogP contribution is -2.26. The second kappa shape index (κ2) is 4.55. The molecule has 0 aromatic carbocycles. The summed E-state index contributed by atoms with van der Waals surface area (Å²) in [5, 5.41) is 15.2. The quantitative estimate of drug-likeness (QED) is 0.648. The predicted molar refractivity (Wildman–Crippen MR) is 57.6 cm³/mol. The number of nitrogens with zero attached hydrogens (tertiary/aromatic N) is 2. The van der Waals surface area contributed by atoms with Crippen LogP contribution in [0.15, 0.2) is 6.20 Å². The van der Waals surface area contributed by atoms with Gasteiger partial charge in [0, 0.05) is 18.8 Å². The standard InChI is InChI=1S/C10H16N4O/c1-7(6-15)13-10-12-4-8-2-3-11-5-9(8)14-10/h4,7,11,15H,2-3,5-6H2,1H3,(H,12,13,14)/t7-/m0/s1. The predicted octanol–water partition coefficient (Wildman–Crippen LogP) is -0.0850. The van der Waals surface area contributed by atoms with Crippen molar-refractivity contribution in [3.63, 3.8) is 0 Å². The van der Waals surface area contributed by atoms with Gasteiger partial charge in [0.1, 0.15) is 0 Å². The Balaban J connectivity index is 2.13. The Bertz CT molecular complexity index is 342. The van der Waals surface area contributed by atoms with Gasteiger partial charge < -0.3 is 15.7 Å². The minimum absolute atomic E-state index is 0.0143. The summed E-state index contributed by atoms with van der Waals surface area (Å²) >= 11 is 0. The molecule has 0 bridgehead atoms. The molecule has 82 valence electrons. The molecule has 0 saturated carbocycles. The first-order valence-corrected chi connectivity index (χ1v) is 5.22. The van der Waals surface area contributed by atoms with Gasteiger partial charge in [-0.1, -0.05) is 0 Å². The number of aliphatic hydroxyl groups is 1. The topological polar surface area (TPSA) is 70.1 Å². The van der Waals surface area contributed by atoms with Gasteiger partial charge in [-0.3, -0.25) is 0 Å². The van der Waals surface area contributed by atoms with Crippen LogP contribution in [0.4, 0.5) is 5.95 Å². The number of nitrogens with one attached hydrogen (secondary N) is 2. The van der Waals surface area contributed by atoms with Crippen molar-refractivity contribution in [2.45, 2.75) is 25.9 Å². The van der Waals surface area contributed by atoms with Gasteiger partial charge in [-0.15, -0.1) is 0 Å². The van der Waals surface area contributed by atoms with Crippen molar-refractivity contribution >= 4 is 5.95 Å². The van der Waals surface area contributed by atoms with E-state index in [1.54, 1.807) is 0 Å². The average Bonchev–Trinajstić information content (AvgIpc) is 2.29. The number of aliphatic hydroxyl groups excluding tert-OH is 1. The van der Waals surface area contributed by atoms with Crippen LogP contribution in [-0.4, -0.2) is 34.3 Å². The Morgan fingerprint density at radius 2 is 2.53 bits per heavy atom. The van der Waals surface area contributed by atoms with Crippen molar-refractivity contribution in [2.75, 3.05) is 18.5 Å². The minimum Gasteiger partial charge on any atom is -0.394 e. The van der Waals surface area contributed by atoms with Gasteiger partial charge in [-0.2, -0.15) is 0 Å². The van der Waals surface area contributed by atoms with Crippen molar-refractivity contribution in [2.24, 2.45) is 0 Å². The van der Waals surface area contributed by atoms with Crippen LogP contribution in [-0.2, 0) is 13.0 Å². The Morgan fingerprint density at radius 3 is 3.33 bits per heavy atom. The lowest BCUT2D eigenvalue weighted by molar-refractivity contribution is 0.281. The molecule has 3 N–H and O–H groups in total. The van der Waals surface area contributed by atoms with E-state index in [0.717, 1.165) is 25.2 Å². The highest BCUT2D eigenvalue weighted by atomic mass is 16.3. The van der Waals surface area contributed by atoms with E-state index in [1.165, 1.54) is 5.56 Å². The third-order valence-corrected chi connectivity index (χ3v) is 2.47. The summed E-state index contributed by atoms with van der Waals surface area (Å²) in [5.41, 5.74) is 2.28. The van der Waals surface area contributed by atoms with E-state index < -0.39 is 0 Å². The molecule has 1 aromatic heterocycles. The van der Waals surface area contributed by atoms with Gasteiger partial charge in [0.15, 0.2) is 0 Å². The molecule has 15 heavy (non-hydrogen) atoms. The van der Waals surface area contributed by atoms with E-state index in [2.05, 4.69) is 20.6 Å². The third kappa shape index (κ3) is 2.43. The normalized spacial score (nSPS) is 16.9. The van der Waals surface area contributed by atoms with Gasteiger partial charge in [-0.25, -0.2) is 9.97 Å². The van der Waals surface area contributed by atoms with Crippen LogP contribution in [0.2, 0.25) is 0 Å². The van der Waals surface area contributed by atoms with E-state index >= 15 is 0 Å². The minimum atomic E-state index is -0.0143. The molecular formula is C10H16N4O. The lowest BCUT2D eigenvalue weighted by Gasteiger charge is -2.17. The number of fused-ring (bicyclic) bond motifs is 1. The largest absolute Gasteiger partial charge is 0.394 e. The summed E-state index contributed by atoms with van der Waals surface area (Å²) in [6.45, 7) is 3.77. The summed E-state index contributed by atoms with van der Waals surface area (Å²) in [5.74, 6) is 0.596. The van der Waals surface area contributed by atoms with Gasteiger partial charge in [0.2, 0.25) is 5.95 Å². The first-order valence-electron chi connectivity index (χ1n) is 5.22. The van der Waals surface area contributed by atoms with Gasteiger partial charge in [0.25, 0.3) is 0 Å². The number of rotatable bonds is 3. The molecule has 1 atom stereocenters. The van der Waals surface area contributed by atoms with Crippen LogP contribution >= 0.6 is 0 Å². The van der Waals surface area contributed by atoms with Crippen molar-refractivity contribution in [1.82, 2.24) is 15.3 Å². The average molecular weight is 208 g/mol. The highest BCUT2D eigenvalue weighted by molar-refractivity contribution is 5.31. The van der Waals surface area contributed by atoms with E-state index in [9.17, 15) is 0 Å². The molecule has 0 unspecified atom stereocenters. The van der Waals surface area contributed by atoms with Crippen LogP contribution in [0.3, 0.4) is 0 Å². The zero-order valence-electron chi connectivity index (χ0n) is 8.82. The van der Waals surface area contributed by atoms with Crippen LogP contribution in [0.1, 0.15) is 18.2 Å². The fourth-order valence-electron chi connectivity index (χ4n) is 1.57. The second-order valence-corrected chi connectivity index (χ2v) is 3.82. The smallest absolute Gasteiger partial charge is 0.223 e. The molecule has 2 rings (SSSR count). The first-order chi connectivity index (χ1) is 7.29. The van der Waals surface area contributed by atoms with Gasteiger partial charge in [-0.05, 0) is 25.5 Å². The highest BCUT2D eigenvalue weighted by Gasteiger charge is 2.11. The summed E-state index contributed by atoms with van der Waals surface area (Å²) in [4.78, 5) is 8.62. The zero-order valence-corrected chi connectivity index (χ0v) is 8.82. The summed E-state index contributed by atoms with van der Waals surface area (Å²) < 4.78 is 0. The summed E-state index contributed by atoms with van der Waals surface area (Å²) in [7, 11) is 0. The van der Waals surface area contributed by atoms with Gasteiger partial charge in [0.05, 0.1) is 12.3 Å². The van der Waals surface area contributed by atoms with Crippen LogP contribution in [0.5, 0.6) is 0 Å². The highest BCUT2D eigenvalue weighted by Crippen LogP contribution is 2.12. The number of hydrogen-bond donors (Lipinski definition) is 3. The van der Waals surface area contributed by atoms with Crippen molar-refractivity contribution < 1.29 is 5.11 Å². The molecule has 1 aliphatic rings. The molecule has 0 fully saturated rings. The molecule has 1 aliphatic heterocycles. The van der Waals surface area contributed by atoms with Crippen LogP contribution in [0, 0.1) is 0 Å². The molecule has 0 saturated heterocycles. The molecule has 5 heteroatoms. The third-order valence-electron chi connectivity index (χ3n) is 2.47. The molecule has 1 aromatic rings. The zero-order chi connectivity index (χ0) is 10.7. The van der Waals surface area contributed by atoms with Crippen LogP contribution in [0.25, 0.3) is 0 Å². The van der Waals surface area contributed by atoms with E-state index in [-0.39, 0.29) is 12.6 Å². The summed E-state index contributed by atoms with van der Waals surface area (Å²) in [6, 6.07) is -0.0143. The summed E-state index contributed by atoms with van der Waals surface area (Å²) in [6.07, 6.45) is 2.86. The molecule has 5 nitrogen and oxygen atoms in total. The molecular weight excluding hydrogens is 192 g/mol. The monoisotopic (exact) mass is 208 g/mol. The van der Waals surface area contributed by atoms with E-state index in [1.807, 2.05) is 13.1 Å². The fourth-order valence-corrected chi connectivity index (χ4v) is 1.57. The first kappa shape index (κ1) is 10.3. The Labute approximate surface area is 88.9 Å². The maximum Gasteiger partial charge on any atom is 0.223 e. The van der Waals surface area contributed by atoms with Crippen LogP contribution < -0.4 is 10.6 Å². The maximum absolute atomic E-state index is 8.90. The number of aromatic nitrogens is 2. The SMILES string of the molecule is C[C@@H](CO)Nc1ncc2c(n1)CNCC2. The number of anilines is 1. The van der Waals surface area contributed by atoms with Crippen molar-refractivity contribution in [3.05, 3.63) is 17.5 Å². The number of hydrogen-bond acceptors (Lipinski definition) is 5. The fraction of sp³-hybridized carbons (Fsp3) is 0.600. The van der Waals surface area contributed by atoms with Crippen molar-refractivity contribution in [1.29, 1.82) is 0 Å². The van der Waals surface area contributed by atoms with Gasteiger partial charge >= 0.3 is 0 Å². The van der Waals surface area contributed by atoms with Crippen molar-refractivity contribution in [3.8, 4) is 0 Å². The molecule has 2 heterocycles. The lowest BCUT2D eigenvalue weighted by atomic mass is 10.1. The molecule has 0 amide bonds. The molecule has 0 aliphatic carbocycles.